The zero-order valence-electron chi connectivity index (χ0n) is 12.4. The zero-order chi connectivity index (χ0) is 18.3. The lowest BCUT2D eigenvalue weighted by molar-refractivity contribution is -0.143. The van der Waals surface area contributed by atoms with E-state index in [-0.39, 0.29) is 12.3 Å². The van der Waals surface area contributed by atoms with Crippen molar-refractivity contribution < 1.29 is 40.4 Å². The number of carbonyl (C=O) groups is 1. The van der Waals surface area contributed by atoms with Crippen LogP contribution in [-0.2, 0) is 21.7 Å². The number of benzene rings is 1. The Morgan fingerprint density at radius 3 is 1.75 bits per heavy atom. The predicted octanol–water partition coefficient (Wildman–Crippen LogP) is 4.29. The van der Waals surface area contributed by atoms with Crippen molar-refractivity contribution in [2.75, 3.05) is 19.4 Å². The smallest absolute Gasteiger partial charge is 0.417 e. The van der Waals surface area contributed by atoms with Crippen molar-refractivity contribution in [2.24, 2.45) is 0 Å². The van der Waals surface area contributed by atoms with Crippen LogP contribution >= 0.6 is 7.14 Å². The third-order valence-electron chi connectivity index (χ3n) is 3.88. The van der Waals surface area contributed by atoms with Gasteiger partial charge < -0.3 is 9.30 Å². The number of ether oxygens (including phenoxy) is 1. The van der Waals surface area contributed by atoms with Crippen molar-refractivity contribution in [3.8, 4) is 0 Å². The first-order valence-electron chi connectivity index (χ1n) is 6.89. The minimum Gasteiger partial charge on any atom is -0.465 e. The fourth-order valence-electron chi connectivity index (χ4n) is 2.74. The number of halogens is 6. The topological polar surface area (TPSA) is 43.4 Å². The summed E-state index contributed by atoms with van der Waals surface area (Å²) in [6.07, 6.45) is -9.40. The summed E-state index contributed by atoms with van der Waals surface area (Å²) >= 11 is 0. The summed E-state index contributed by atoms with van der Waals surface area (Å²) in [5.74, 6) is -1.74. The molecular formula is C14H13F6O3P. The van der Waals surface area contributed by atoms with Gasteiger partial charge in [0, 0.05) is 17.6 Å². The Hall–Kier alpha value is -1.50. The highest BCUT2D eigenvalue weighted by Crippen LogP contribution is 2.52. The normalized spacial score (nSPS) is 17.8. The zero-order valence-corrected chi connectivity index (χ0v) is 13.3. The molecule has 0 aromatic heterocycles. The average molecular weight is 374 g/mol. The van der Waals surface area contributed by atoms with Gasteiger partial charge in [0.1, 0.15) is 7.14 Å². The van der Waals surface area contributed by atoms with E-state index in [0.717, 1.165) is 0 Å². The van der Waals surface area contributed by atoms with E-state index < -0.39 is 47.5 Å². The van der Waals surface area contributed by atoms with Gasteiger partial charge in [-0.3, -0.25) is 0 Å². The van der Waals surface area contributed by atoms with Gasteiger partial charge in [-0.05, 0) is 25.0 Å². The van der Waals surface area contributed by atoms with Crippen molar-refractivity contribution in [2.45, 2.75) is 25.2 Å². The van der Waals surface area contributed by atoms with Gasteiger partial charge in [-0.15, -0.1) is 0 Å². The number of alkyl halides is 6. The van der Waals surface area contributed by atoms with Gasteiger partial charge in [0.25, 0.3) is 0 Å². The number of esters is 1. The molecule has 1 aromatic rings. The van der Waals surface area contributed by atoms with E-state index in [9.17, 15) is 35.7 Å². The fourth-order valence-corrected chi connectivity index (χ4v) is 5.67. The number of hydrogen-bond acceptors (Lipinski definition) is 3. The molecule has 0 unspecified atom stereocenters. The van der Waals surface area contributed by atoms with Crippen LogP contribution in [0.1, 0.15) is 34.3 Å². The fraction of sp³-hybridized carbons (Fsp3) is 0.500. The first-order chi connectivity index (χ1) is 10.9. The van der Waals surface area contributed by atoms with E-state index >= 15 is 0 Å². The molecule has 134 valence electrons. The SMILES string of the molecule is COC(=O)c1c(C(F)(F)F)cc(P2(=O)CCCC2)cc1C(F)(F)F. The van der Waals surface area contributed by atoms with Crippen LogP contribution in [-0.4, -0.2) is 25.4 Å². The molecular weight excluding hydrogens is 361 g/mol. The molecule has 1 fully saturated rings. The molecule has 0 N–H and O–H groups in total. The highest BCUT2D eigenvalue weighted by Gasteiger charge is 2.45. The van der Waals surface area contributed by atoms with Crippen molar-refractivity contribution in [3.05, 3.63) is 28.8 Å². The van der Waals surface area contributed by atoms with Gasteiger partial charge >= 0.3 is 18.3 Å². The minimum absolute atomic E-state index is 0.0547. The lowest BCUT2D eigenvalue weighted by Crippen LogP contribution is -2.25. The molecule has 0 amide bonds. The van der Waals surface area contributed by atoms with Crippen LogP contribution in [0.15, 0.2) is 12.1 Å². The second-order valence-corrected chi connectivity index (χ2v) is 8.64. The van der Waals surface area contributed by atoms with E-state index in [1.165, 1.54) is 0 Å². The van der Waals surface area contributed by atoms with Crippen LogP contribution in [0.2, 0.25) is 0 Å². The van der Waals surface area contributed by atoms with Gasteiger partial charge in [0.2, 0.25) is 0 Å². The first kappa shape index (κ1) is 18.8. The summed E-state index contributed by atoms with van der Waals surface area (Å²) in [7, 11) is -2.64. The van der Waals surface area contributed by atoms with E-state index in [4.69, 9.17) is 0 Å². The maximum Gasteiger partial charge on any atom is 0.417 e. The van der Waals surface area contributed by atoms with Gasteiger partial charge in [-0.25, -0.2) is 4.79 Å². The minimum atomic E-state index is -5.22. The Morgan fingerprint density at radius 1 is 1.00 bits per heavy atom. The molecule has 10 heteroatoms. The number of methoxy groups -OCH3 is 1. The average Bonchev–Trinajstić information content (AvgIpc) is 2.91. The first-order valence-corrected chi connectivity index (χ1v) is 8.97. The highest BCUT2D eigenvalue weighted by atomic mass is 31.2. The molecule has 0 atom stereocenters. The summed E-state index contributed by atoms with van der Waals surface area (Å²) in [5.41, 5.74) is -5.16. The maximum absolute atomic E-state index is 13.2. The molecule has 1 saturated heterocycles. The number of rotatable bonds is 2. The summed E-state index contributed by atoms with van der Waals surface area (Å²) in [6.45, 7) is 0. The lowest BCUT2D eigenvalue weighted by atomic mass is 10.00. The number of hydrogen-bond donors (Lipinski definition) is 0. The molecule has 0 spiro atoms. The van der Waals surface area contributed by atoms with Crippen LogP contribution in [0.4, 0.5) is 26.3 Å². The van der Waals surface area contributed by atoms with Crippen molar-refractivity contribution in [1.82, 2.24) is 0 Å². The predicted molar refractivity (Wildman–Crippen MR) is 74.0 cm³/mol. The largest absolute Gasteiger partial charge is 0.465 e. The van der Waals surface area contributed by atoms with Gasteiger partial charge in [0.05, 0.1) is 23.8 Å². The van der Waals surface area contributed by atoms with Crippen LogP contribution in [0.25, 0.3) is 0 Å². The molecule has 1 aliphatic heterocycles. The van der Waals surface area contributed by atoms with Gasteiger partial charge in [-0.2, -0.15) is 26.3 Å². The lowest BCUT2D eigenvalue weighted by Gasteiger charge is -2.21. The Kier molecular flexibility index (Phi) is 4.78. The Bertz CT molecular complexity index is 662. The molecule has 24 heavy (non-hydrogen) atoms. The molecule has 0 aliphatic carbocycles. The number of carbonyl (C=O) groups excluding carboxylic acids is 1. The monoisotopic (exact) mass is 374 g/mol. The standard InChI is InChI=1S/C14H13F6O3P/c1-23-12(21)11-9(13(15,16)17)6-8(7-10(11)14(18,19)20)24(22)4-2-3-5-24/h6-7H,2-5H2,1H3. The molecule has 0 saturated carbocycles. The van der Waals surface area contributed by atoms with E-state index in [2.05, 4.69) is 4.74 Å². The summed E-state index contributed by atoms with van der Waals surface area (Å²) in [5, 5.41) is -0.493. The summed E-state index contributed by atoms with van der Waals surface area (Å²) in [6, 6.07) is 0.793. The van der Waals surface area contributed by atoms with E-state index in [1.54, 1.807) is 0 Å². The van der Waals surface area contributed by atoms with Crippen LogP contribution in [0, 0.1) is 0 Å². The Morgan fingerprint density at radius 2 is 1.42 bits per heavy atom. The van der Waals surface area contributed by atoms with Crippen LogP contribution < -0.4 is 5.30 Å². The van der Waals surface area contributed by atoms with Crippen LogP contribution in [0.3, 0.4) is 0 Å². The third kappa shape index (κ3) is 3.45. The molecule has 0 radical (unpaired) electrons. The van der Waals surface area contributed by atoms with E-state index in [1.807, 2.05) is 0 Å². The van der Waals surface area contributed by atoms with Crippen molar-refractivity contribution in [3.63, 3.8) is 0 Å². The van der Waals surface area contributed by atoms with Gasteiger partial charge in [0.15, 0.2) is 0 Å². The second-order valence-electron chi connectivity index (χ2n) is 5.45. The molecule has 2 rings (SSSR count). The third-order valence-corrected chi connectivity index (χ3v) is 7.16. The molecule has 1 heterocycles. The van der Waals surface area contributed by atoms with Crippen molar-refractivity contribution >= 4 is 18.4 Å². The molecule has 1 aromatic carbocycles. The molecule has 1 aliphatic rings. The second kappa shape index (κ2) is 6.10. The summed E-state index contributed by atoms with van der Waals surface area (Å²) < 4.78 is 96.2. The molecule has 3 nitrogen and oxygen atoms in total. The van der Waals surface area contributed by atoms with Crippen LogP contribution in [0.5, 0.6) is 0 Å². The molecule has 0 bridgehead atoms. The van der Waals surface area contributed by atoms with Crippen molar-refractivity contribution in [1.29, 1.82) is 0 Å². The quantitative estimate of drug-likeness (QED) is 0.441. The Balaban J connectivity index is 2.84. The van der Waals surface area contributed by atoms with E-state index in [0.29, 0.717) is 32.1 Å². The maximum atomic E-state index is 13.2. The highest BCUT2D eigenvalue weighted by molar-refractivity contribution is 7.71. The summed E-state index contributed by atoms with van der Waals surface area (Å²) in [4.78, 5) is 11.6. The van der Waals surface area contributed by atoms with Gasteiger partial charge in [-0.1, -0.05) is 0 Å². The Labute approximate surface area is 133 Å².